The highest BCUT2D eigenvalue weighted by molar-refractivity contribution is 7.13. The van der Waals surface area contributed by atoms with Crippen molar-refractivity contribution in [1.29, 1.82) is 0 Å². The Bertz CT molecular complexity index is 656. The van der Waals surface area contributed by atoms with Crippen molar-refractivity contribution < 1.29 is 14.3 Å². The molecule has 6 heteroatoms. The monoisotopic (exact) mass is 320 g/mol. The summed E-state index contributed by atoms with van der Waals surface area (Å²) in [6.45, 7) is 2.16. The van der Waals surface area contributed by atoms with Crippen LogP contribution in [0.25, 0.3) is 10.6 Å². The number of hydrogen-bond acceptors (Lipinski definition) is 4. The van der Waals surface area contributed by atoms with Gasteiger partial charge in [-0.2, -0.15) is 0 Å². The predicted molar refractivity (Wildman–Crippen MR) is 83.1 cm³/mol. The molecule has 1 saturated heterocycles. The smallest absolute Gasteiger partial charge is 0.307 e. The van der Waals surface area contributed by atoms with E-state index in [1.165, 1.54) is 23.5 Å². The number of carboxylic acid groups (broad SMARTS) is 1. The lowest BCUT2D eigenvalue weighted by Crippen LogP contribution is -2.38. The number of carboxylic acids is 1. The second-order valence-electron chi connectivity index (χ2n) is 5.56. The van der Waals surface area contributed by atoms with Crippen LogP contribution in [0.4, 0.5) is 4.39 Å². The average Bonchev–Trinajstić information content (AvgIpc) is 2.96. The Morgan fingerprint density at radius 3 is 2.91 bits per heavy atom. The first-order valence-corrected chi connectivity index (χ1v) is 8.15. The highest BCUT2D eigenvalue weighted by atomic mass is 32.1. The second-order valence-corrected chi connectivity index (χ2v) is 6.42. The van der Waals surface area contributed by atoms with Crippen LogP contribution in [0.1, 0.15) is 18.5 Å². The standard InChI is InChI=1S/C16H17FN2O2S/c17-13-5-3-11(4-6-13)15-18-14(10-22-15)9-19-7-1-2-12(8-19)16(20)21/h3-6,10,12H,1-2,7-9H2,(H,20,21). The van der Waals surface area contributed by atoms with Crippen molar-refractivity contribution in [2.45, 2.75) is 19.4 Å². The third kappa shape index (κ3) is 3.51. The first-order valence-electron chi connectivity index (χ1n) is 7.27. The molecule has 22 heavy (non-hydrogen) atoms. The largest absolute Gasteiger partial charge is 0.481 e. The number of nitrogens with zero attached hydrogens (tertiary/aromatic N) is 2. The van der Waals surface area contributed by atoms with Crippen LogP contribution < -0.4 is 0 Å². The van der Waals surface area contributed by atoms with Crippen molar-refractivity contribution in [3.05, 3.63) is 41.2 Å². The molecule has 0 amide bonds. The Morgan fingerprint density at radius 1 is 1.41 bits per heavy atom. The van der Waals surface area contributed by atoms with E-state index >= 15 is 0 Å². The van der Waals surface area contributed by atoms with Crippen LogP contribution in [-0.4, -0.2) is 34.0 Å². The first kappa shape index (κ1) is 15.1. The van der Waals surface area contributed by atoms with Gasteiger partial charge in [-0.05, 0) is 43.7 Å². The van der Waals surface area contributed by atoms with Crippen LogP contribution >= 0.6 is 11.3 Å². The molecule has 1 unspecified atom stereocenters. The summed E-state index contributed by atoms with van der Waals surface area (Å²) in [6.07, 6.45) is 1.66. The van der Waals surface area contributed by atoms with Crippen molar-refractivity contribution in [2.24, 2.45) is 5.92 Å². The zero-order valence-electron chi connectivity index (χ0n) is 12.0. The second kappa shape index (κ2) is 6.54. The highest BCUT2D eigenvalue weighted by Crippen LogP contribution is 2.25. The summed E-state index contributed by atoms with van der Waals surface area (Å²) < 4.78 is 12.9. The topological polar surface area (TPSA) is 53.4 Å². The van der Waals surface area contributed by atoms with Gasteiger partial charge in [0.2, 0.25) is 0 Å². The van der Waals surface area contributed by atoms with Gasteiger partial charge in [0.1, 0.15) is 10.8 Å². The van der Waals surface area contributed by atoms with E-state index in [1.54, 1.807) is 12.1 Å². The maximum absolute atomic E-state index is 12.9. The minimum Gasteiger partial charge on any atom is -0.481 e. The summed E-state index contributed by atoms with van der Waals surface area (Å²) in [6, 6.07) is 6.30. The van der Waals surface area contributed by atoms with Crippen molar-refractivity contribution in [3.63, 3.8) is 0 Å². The fourth-order valence-corrected chi connectivity index (χ4v) is 3.55. The maximum Gasteiger partial charge on any atom is 0.307 e. The van der Waals surface area contributed by atoms with E-state index in [-0.39, 0.29) is 11.7 Å². The molecule has 116 valence electrons. The highest BCUT2D eigenvalue weighted by Gasteiger charge is 2.25. The molecule has 0 radical (unpaired) electrons. The number of likely N-dealkylation sites (tertiary alicyclic amines) is 1. The van der Waals surface area contributed by atoms with Gasteiger partial charge in [-0.15, -0.1) is 11.3 Å². The number of halogens is 1. The fourth-order valence-electron chi connectivity index (χ4n) is 2.73. The Balaban J connectivity index is 1.66. The first-order chi connectivity index (χ1) is 10.6. The van der Waals surface area contributed by atoms with Gasteiger partial charge in [0.05, 0.1) is 11.6 Å². The molecule has 1 aliphatic rings. The van der Waals surface area contributed by atoms with Crippen LogP contribution in [0.15, 0.2) is 29.6 Å². The summed E-state index contributed by atoms with van der Waals surface area (Å²) in [7, 11) is 0. The fraction of sp³-hybridized carbons (Fsp3) is 0.375. The minimum atomic E-state index is -0.713. The molecule has 1 aromatic carbocycles. The summed E-state index contributed by atoms with van der Waals surface area (Å²) in [4.78, 5) is 17.8. The summed E-state index contributed by atoms with van der Waals surface area (Å²) >= 11 is 1.53. The minimum absolute atomic E-state index is 0.256. The molecule has 2 aromatic rings. The lowest BCUT2D eigenvalue weighted by Gasteiger charge is -2.29. The summed E-state index contributed by atoms with van der Waals surface area (Å²) in [5.74, 6) is -1.24. The van der Waals surface area contributed by atoms with Gasteiger partial charge in [-0.1, -0.05) is 0 Å². The Morgan fingerprint density at radius 2 is 2.18 bits per heavy atom. The van der Waals surface area contributed by atoms with Gasteiger partial charge >= 0.3 is 5.97 Å². The molecule has 3 rings (SSSR count). The van der Waals surface area contributed by atoms with E-state index in [9.17, 15) is 9.18 Å². The maximum atomic E-state index is 12.9. The zero-order valence-corrected chi connectivity index (χ0v) is 12.9. The summed E-state index contributed by atoms with van der Waals surface area (Å²) in [5, 5.41) is 12.0. The SMILES string of the molecule is O=C(O)C1CCCN(Cc2csc(-c3ccc(F)cc3)n2)C1. The van der Waals surface area contributed by atoms with Crippen LogP contribution in [0, 0.1) is 11.7 Å². The molecule has 1 aliphatic heterocycles. The molecule has 1 N–H and O–H groups in total. The van der Waals surface area contributed by atoms with Crippen LogP contribution in [-0.2, 0) is 11.3 Å². The molecular formula is C16H17FN2O2S. The number of hydrogen-bond donors (Lipinski definition) is 1. The third-order valence-electron chi connectivity index (χ3n) is 3.88. The molecule has 0 bridgehead atoms. The molecular weight excluding hydrogens is 303 g/mol. The van der Waals surface area contributed by atoms with E-state index in [1.807, 2.05) is 5.38 Å². The molecule has 1 aromatic heterocycles. The molecule has 4 nitrogen and oxygen atoms in total. The van der Waals surface area contributed by atoms with Crippen LogP contribution in [0.5, 0.6) is 0 Å². The van der Waals surface area contributed by atoms with Gasteiger partial charge in [0, 0.05) is 24.0 Å². The van der Waals surface area contributed by atoms with Gasteiger partial charge in [-0.3, -0.25) is 9.69 Å². The normalized spacial score (nSPS) is 19.2. The molecule has 0 aliphatic carbocycles. The van der Waals surface area contributed by atoms with E-state index in [2.05, 4.69) is 9.88 Å². The van der Waals surface area contributed by atoms with E-state index < -0.39 is 5.97 Å². The van der Waals surface area contributed by atoms with E-state index in [0.717, 1.165) is 35.7 Å². The lowest BCUT2D eigenvalue weighted by molar-refractivity contribution is -0.143. The molecule has 1 fully saturated rings. The number of aliphatic carboxylic acids is 1. The van der Waals surface area contributed by atoms with E-state index in [4.69, 9.17) is 5.11 Å². The number of thiazole rings is 1. The van der Waals surface area contributed by atoms with Crippen LogP contribution in [0.2, 0.25) is 0 Å². The number of benzene rings is 1. The van der Waals surface area contributed by atoms with Crippen LogP contribution in [0.3, 0.4) is 0 Å². The van der Waals surface area contributed by atoms with Crippen molar-refractivity contribution in [3.8, 4) is 10.6 Å². The third-order valence-corrected chi connectivity index (χ3v) is 4.82. The lowest BCUT2D eigenvalue weighted by atomic mass is 9.98. The van der Waals surface area contributed by atoms with E-state index in [0.29, 0.717) is 13.1 Å². The number of piperidine rings is 1. The van der Waals surface area contributed by atoms with Gasteiger partial charge in [0.15, 0.2) is 0 Å². The van der Waals surface area contributed by atoms with Crippen molar-refractivity contribution >= 4 is 17.3 Å². The quantitative estimate of drug-likeness (QED) is 0.939. The number of rotatable bonds is 4. The molecule has 2 heterocycles. The zero-order chi connectivity index (χ0) is 15.5. The number of aromatic nitrogens is 1. The molecule has 1 atom stereocenters. The molecule has 0 spiro atoms. The number of carbonyl (C=O) groups is 1. The predicted octanol–water partition coefficient (Wildman–Crippen LogP) is 3.25. The Hall–Kier alpha value is -1.79. The Kier molecular flexibility index (Phi) is 4.49. The van der Waals surface area contributed by atoms with Crippen molar-refractivity contribution in [2.75, 3.05) is 13.1 Å². The summed E-state index contributed by atoms with van der Waals surface area (Å²) in [5.41, 5.74) is 1.84. The van der Waals surface area contributed by atoms with Gasteiger partial charge in [-0.25, -0.2) is 9.37 Å². The Labute approximate surface area is 132 Å². The van der Waals surface area contributed by atoms with Gasteiger partial charge < -0.3 is 5.11 Å². The average molecular weight is 320 g/mol. The van der Waals surface area contributed by atoms with Gasteiger partial charge in [0.25, 0.3) is 0 Å². The molecule has 0 saturated carbocycles. The van der Waals surface area contributed by atoms with Crippen molar-refractivity contribution in [1.82, 2.24) is 9.88 Å².